The molecule has 0 saturated carbocycles. The van der Waals surface area contributed by atoms with Crippen molar-refractivity contribution < 1.29 is 19.4 Å². The number of hydrogen-bond donors (Lipinski definition) is 2. The molecule has 0 radical (unpaired) electrons. The van der Waals surface area contributed by atoms with Crippen molar-refractivity contribution in [2.24, 2.45) is 0 Å². The van der Waals surface area contributed by atoms with Crippen LogP contribution >= 0.6 is 0 Å². The monoisotopic (exact) mass is 263 g/mol. The van der Waals surface area contributed by atoms with E-state index in [0.29, 0.717) is 26.0 Å². The number of nitrogens with one attached hydrogen (secondary N) is 1. The van der Waals surface area contributed by atoms with Gasteiger partial charge in [-0.2, -0.15) is 0 Å². The number of benzene rings is 1. The van der Waals surface area contributed by atoms with Gasteiger partial charge in [-0.15, -0.1) is 0 Å². The lowest BCUT2D eigenvalue weighted by Crippen LogP contribution is -2.26. The summed E-state index contributed by atoms with van der Waals surface area (Å²) in [6.07, 6.45) is 1.75. The van der Waals surface area contributed by atoms with Crippen LogP contribution in [0, 0.1) is 0 Å². The lowest BCUT2D eigenvalue weighted by atomic mass is 10.1. The zero-order valence-electron chi connectivity index (χ0n) is 10.6. The van der Waals surface area contributed by atoms with Crippen LogP contribution in [0.5, 0.6) is 5.75 Å². The number of carboxylic acids is 1. The van der Waals surface area contributed by atoms with Gasteiger partial charge in [0.1, 0.15) is 5.75 Å². The molecule has 0 bridgehead atoms. The molecule has 2 rings (SSSR count). The maximum atomic E-state index is 11.7. The van der Waals surface area contributed by atoms with Gasteiger partial charge in [-0.1, -0.05) is 12.1 Å². The van der Waals surface area contributed by atoms with Crippen molar-refractivity contribution in [2.75, 3.05) is 13.2 Å². The van der Waals surface area contributed by atoms with E-state index in [4.69, 9.17) is 9.84 Å². The fraction of sp³-hybridized carbons (Fsp3) is 0.429. The standard InChI is InChI=1S/C14H17NO4/c16-13(15-6-1-2-14(17)18)9-10-3-4-12-11(8-10)5-7-19-12/h3-4,8H,1-2,5-7,9H2,(H,15,16)(H,17,18). The second-order valence-electron chi connectivity index (χ2n) is 4.56. The van der Waals surface area contributed by atoms with Gasteiger partial charge in [0.25, 0.3) is 0 Å². The van der Waals surface area contributed by atoms with Gasteiger partial charge in [0, 0.05) is 19.4 Å². The first-order valence-corrected chi connectivity index (χ1v) is 6.38. The number of aliphatic carboxylic acids is 1. The molecule has 0 saturated heterocycles. The summed E-state index contributed by atoms with van der Waals surface area (Å²) in [4.78, 5) is 22.0. The highest BCUT2D eigenvalue weighted by Gasteiger charge is 2.13. The van der Waals surface area contributed by atoms with Crippen LogP contribution in [-0.4, -0.2) is 30.1 Å². The van der Waals surface area contributed by atoms with Crippen LogP contribution in [0.3, 0.4) is 0 Å². The maximum Gasteiger partial charge on any atom is 0.303 e. The predicted molar refractivity (Wildman–Crippen MR) is 69.2 cm³/mol. The van der Waals surface area contributed by atoms with Crippen molar-refractivity contribution in [3.63, 3.8) is 0 Å². The topological polar surface area (TPSA) is 75.6 Å². The molecule has 0 unspecified atom stereocenters. The highest BCUT2D eigenvalue weighted by atomic mass is 16.5. The number of ether oxygens (including phenoxy) is 1. The molecular weight excluding hydrogens is 246 g/mol. The van der Waals surface area contributed by atoms with Crippen molar-refractivity contribution in [1.82, 2.24) is 5.32 Å². The summed E-state index contributed by atoms with van der Waals surface area (Å²) in [5.74, 6) is -0.0114. The second kappa shape index (κ2) is 6.22. The molecule has 0 aromatic heterocycles. The Morgan fingerprint density at radius 2 is 2.21 bits per heavy atom. The Bertz CT molecular complexity index is 484. The predicted octanol–water partition coefficient (Wildman–Crippen LogP) is 1.14. The Balaban J connectivity index is 1.77. The van der Waals surface area contributed by atoms with Crippen LogP contribution in [0.2, 0.25) is 0 Å². The van der Waals surface area contributed by atoms with Gasteiger partial charge in [0.05, 0.1) is 13.0 Å². The molecule has 19 heavy (non-hydrogen) atoms. The number of hydrogen-bond acceptors (Lipinski definition) is 3. The van der Waals surface area contributed by atoms with Crippen molar-refractivity contribution >= 4 is 11.9 Å². The molecule has 1 aromatic rings. The van der Waals surface area contributed by atoms with Crippen LogP contribution in [0.25, 0.3) is 0 Å². The lowest BCUT2D eigenvalue weighted by molar-refractivity contribution is -0.137. The van der Waals surface area contributed by atoms with Crippen LogP contribution in [0.4, 0.5) is 0 Å². The Morgan fingerprint density at radius 1 is 1.37 bits per heavy atom. The van der Waals surface area contributed by atoms with Crippen molar-refractivity contribution in [1.29, 1.82) is 0 Å². The summed E-state index contributed by atoms with van der Waals surface area (Å²) in [6.45, 7) is 1.11. The van der Waals surface area contributed by atoms with E-state index in [1.54, 1.807) is 0 Å². The van der Waals surface area contributed by atoms with Gasteiger partial charge in [-0.05, 0) is 23.6 Å². The van der Waals surface area contributed by atoms with Crippen LogP contribution in [-0.2, 0) is 22.4 Å². The molecule has 0 atom stereocenters. The number of rotatable bonds is 6. The zero-order chi connectivity index (χ0) is 13.7. The fourth-order valence-electron chi connectivity index (χ4n) is 2.07. The SMILES string of the molecule is O=C(O)CCCNC(=O)Cc1ccc2c(c1)CCO2. The first-order chi connectivity index (χ1) is 9.15. The molecule has 5 heteroatoms. The molecule has 1 aliphatic rings. The number of carbonyl (C=O) groups is 2. The highest BCUT2D eigenvalue weighted by Crippen LogP contribution is 2.25. The first-order valence-electron chi connectivity index (χ1n) is 6.38. The average Bonchev–Trinajstić information content (AvgIpc) is 2.82. The quantitative estimate of drug-likeness (QED) is 0.755. The molecule has 5 nitrogen and oxygen atoms in total. The third kappa shape index (κ3) is 3.98. The van der Waals surface area contributed by atoms with Crippen LogP contribution in [0.1, 0.15) is 24.0 Å². The van der Waals surface area contributed by atoms with Crippen molar-refractivity contribution in [2.45, 2.75) is 25.7 Å². The number of carbonyl (C=O) groups excluding carboxylic acids is 1. The van der Waals surface area contributed by atoms with Gasteiger partial charge >= 0.3 is 5.97 Å². The molecule has 0 fully saturated rings. The van der Waals surface area contributed by atoms with E-state index in [-0.39, 0.29) is 12.3 Å². The summed E-state index contributed by atoms with van der Waals surface area (Å²) in [6, 6.07) is 5.79. The minimum Gasteiger partial charge on any atom is -0.493 e. The molecule has 0 aliphatic carbocycles. The van der Waals surface area contributed by atoms with Gasteiger partial charge in [0.2, 0.25) is 5.91 Å². The van der Waals surface area contributed by atoms with Gasteiger partial charge in [0.15, 0.2) is 0 Å². The molecule has 1 aliphatic heterocycles. The normalized spacial score (nSPS) is 12.6. The van der Waals surface area contributed by atoms with Crippen molar-refractivity contribution in [3.8, 4) is 5.75 Å². The number of carboxylic acid groups (broad SMARTS) is 1. The molecule has 102 valence electrons. The Hall–Kier alpha value is -2.04. The van der Waals surface area contributed by atoms with Gasteiger partial charge in [-0.25, -0.2) is 0 Å². The average molecular weight is 263 g/mol. The van der Waals surface area contributed by atoms with E-state index in [2.05, 4.69) is 5.32 Å². The summed E-state index contributed by atoms with van der Waals surface area (Å²) in [7, 11) is 0. The summed E-state index contributed by atoms with van der Waals surface area (Å²) >= 11 is 0. The maximum absolute atomic E-state index is 11.7. The van der Waals surface area contributed by atoms with Crippen LogP contribution < -0.4 is 10.1 Å². The largest absolute Gasteiger partial charge is 0.493 e. The van der Waals surface area contributed by atoms with Crippen LogP contribution in [0.15, 0.2) is 18.2 Å². The second-order valence-corrected chi connectivity index (χ2v) is 4.56. The summed E-state index contributed by atoms with van der Waals surface area (Å²) < 4.78 is 5.40. The lowest BCUT2D eigenvalue weighted by Gasteiger charge is -2.06. The molecule has 1 aromatic carbocycles. The summed E-state index contributed by atoms with van der Waals surface area (Å²) in [5, 5.41) is 11.2. The smallest absolute Gasteiger partial charge is 0.303 e. The van der Waals surface area contributed by atoms with E-state index >= 15 is 0 Å². The van der Waals surface area contributed by atoms with E-state index in [9.17, 15) is 9.59 Å². The molecule has 1 heterocycles. The molecule has 1 amide bonds. The van der Waals surface area contributed by atoms with Gasteiger partial charge < -0.3 is 15.2 Å². The van der Waals surface area contributed by atoms with E-state index in [0.717, 1.165) is 23.3 Å². The summed E-state index contributed by atoms with van der Waals surface area (Å²) in [5.41, 5.74) is 2.11. The molecule has 0 spiro atoms. The molecular formula is C14H17NO4. The Morgan fingerprint density at radius 3 is 3.00 bits per heavy atom. The van der Waals surface area contributed by atoms with Gasteiger partial charge in [-0.3, -0.25) is 9.59 Å². The third-order valence-electron chi connectivity index (χ3n) is 3.01. The fourth-order valence-corrected chi connectivity index (χ4v) is 2.07. The van der Waals surface area contributed by atoms with E-state index < -0.39 is 5.97 Å². The third-order valence-corrected chi connectivity index (χ3v) is 3.01. The van der Waals surface area contributed by atoms with E-state index in [1.807, 2.05) is 18.2 Å². The number of fused-ring (bicyclic) bond motifs is 1. The van der Waals surface area contributed by atoms with Crippen molar-refractivity contribution in [3.05, 3.63) is 29.3 Å². The van der Waals surface area contributed by atoms with E-state index in [1.165, 1.54) is 0 Å². The minimum atomic E-state index is -0.840. The Kier molecular flexibility index (Phi) is 4.39. The number of amides is 1. The first kappa shape index (κ1) is 13.4. The Labute approximate surface area is 111 Å². The molecule has 2 N–H and O–H groups in total. The highest BCUT2D eigenvalue weighted by molar-refractivity contribution is 5.78. The zero-order valence-corrected chi connectivity index (χ0v) is 10.6. The minimum absolute atomic E-state index is 0.0794.